The van der Waals surface area contributed by atoms with Crippen molar-refractivity contribution < 1.29 is 34.5 Å². The number of aliphatic carboxylic acids is 3. The number of carbonyl (C=O) groups excluding carboxylic acids is 1. The SMILES string of the molecule is O=C(O)C=CC(=O)CCCCCCCCCCCCCCCCCCN[C@@H](CC(=O)O)C(=O)O. The smallest absolute Gasteiger partial charge is 0.328 e. The molecule has 0 aromatic heterocycles. The van der Waals surface area contributed by atoms with Crippen molar-refractivity contribution in [2.24, 2.45) is 0 Å². The van der Waals surface area contributed by atoms with Gasteiger partial charge in [0.25, 0.3) is 0 Å². The van der Waals surface area contributed by atoms with Gasteiger partial charge in [-0.3, -0.25) is 14.4 Å². The average Bonchev–Trinajstić information content (AvgIpc) is 2.77. The van der Waals surface area contributed by atoms with E-state index in [1.807, 2.05) is 0 Å². The van der Waals surface area contributed by atoms with Crippen LogP contribution in [-0.4, -0.2) is 51.6 Å². The van der Waals surface area contributed by atoms with E-state index in [4.69, 9.17) is 15.3 Å². The summed E-state index contributed by atoms with van der Waals surface area (Å²) in [5, 5.41) is 28.9. The van der Waals surface area contributed by atoms with E-state index in [9.17, 15) is 19.2 Å². The summed E-state index contributed by atoms with van der Waals surface area (Å²) in [6, 6.07) is -1.00. The van der Waals surface area contributed by atoms with Crippen LogP contribution < -0.4 is 5.32 Å². The molecule has 0 spiro atoms. The van der Waals surface area contributed by atoms with E-state index in [1.165, 1.54) is 64.2 Å². The van der Waals surface area contributed by atoms with Crippen LogP contribution in [-0.2, 0) is 19.2 Å². The van der Waals surface area contributed by atoms with Gasteiger partial charge in [-0.05, 0) is 25.5 Å². The summed E-state index contributed by atoms with van der Waals surface area (Å²) in [6.45, 7) is 0.538. The van der Waals surface area contributed by atoms with E-state index in [0.717, 1.165) is 50.7 Å². The predicted octanol–water partition coefficient (Wildman–Crippen LogP) is 5.35. The van der Waals surface area contributed by atoms with Crippen molar-refractivity contribution in [1.82, 2.24) is 5.32 Å². The van der Waals surface area contributed by atoms with Gasteiger partial charge in [0.2, 0.25) is 0 Å². The van der Waals surface area contributed by atoms with Crippen molar-refractivity contribution >= 4 is 23.7 Å². The van der Waals surface area contributed by atoms with E-state index in [1.54, 1.807) is 0 Å². The number of carboxylic acids is 3. The van der Waals surface area contributed by atoms with Crippen LogP contribution in [0.4, 0.5) is 0 Å². The molecule has 8 heteroatoms. The predicted molar refractivity (Wildman–Crippen MR) is 132 cm³/mol. The van der Waals surface area contributed by atoms with Gasteiger partial charge in [-0.1, -0.05) is 89.9 Å². The maximum atomic E-state index is 11.4. The zero-order chi connectivity index (χ0) is 25.4. The minimum Gasteiger partial charge on any atom is -0.481 e. The summed E-state index contributed by atoms with van der Waals surface area (Å²) < 4.78 is 0. The number of rotatable bonds is 25. The molecule has 0 bridgehead atoms. The molecule has 0 saturated carbocycles. The van der Waals surface area contributed by atoms with Crippen LogP contribution in [0.5, 0.6) is 0 Å². The minimum atomic E-state index is -1.11. The molecule has 1 atom stereocenters. The fourth-order valence-corrected chi connectivity index (χ4v) is 3.84. The molecule has 0 heterocycles. The largest absolute Gasteiger partial charge is 0.481 e. The van der Waals surface area contributed by atoms with Crippen LogP contribution in [0.15, 0.2) is 12.2 Å². The molecule has 0 radical (unpaired) electrons. The molecule has 8 nitrogen and oxygen atoms in total. The van der Waals surface area contributed by atoms with Gasteiger partial charge in [-0.25, -0.2) is 4.79 Å². The van der Waals surface area contributed by atoms with Crippen molar-refractivity contribution in [3.8, 4) is 0 Å². The molecule has 0 aliphatic rings. The topological polar surface area (TPSA) is 141 Å². The number of hydrogen-bond acceptors (Lipinski definition) is 5. The number of nitrogens with one attached hydrogen (secondary N) is 1. The highest BCUT2D eigenvalue weighted by Gasteiger charge is 2.19. The lowest BCUT2D eigenvalue weighted by Crippen LogP contribution is -2.39. The van der Waals surface area contributed by atoms with E-state index < -0.39 is 30.4 Å². The normalized spacial score (nSPS) is 12.1. The van der Waals surface area contributed by atoms with Crippen LogP contribution >= 0.6 is 0 Å². The minimum absolute atomic E-state index is 0.111. The first-order valence-electron chi connectivity index (χ1n) is 12.9. The monoisotopic (exact) mass is 483 g/mol. The van der Waals surface area contributed by atoms with Crippen LogP contribution in [0.1, 0.15) is 116 Å². The zero-order valence-corrected chi connectivity index (χ0v) is 20.6. The fraction of sp³-hybridized carbons (Fsp3) is 0.769. The van der Waals surface area contributed by atoms with Gasteiger partial charge >= 0.3 is 17.9 Å². The number of carboxylic acid groups (broad SMARTS) is 3. The number of hydrogen-bond donors (Lipinski definition) is 4. The molecule has 0 fully saturated rings. The molecule has 0 aromatic carbocycles. The number of carbonyl (C=O) groups is 4. The van der Waals surface area contributed by atoms with Gasteiger partial charge in [-0.15, -0.1) is 0 Å². The molecular formula is C26H45NO7. The highest BCUT2D eigenvalue weighted by atomic mass is 16.4. The van der Waals surface area contributed by atoms with Crippen LogP contribution in [0.3, 0.4) is 0 Å². The first kappa shape index (κ1) is 31.8. The second-order valence-electron chi connectivity index (χ2n) is 8.99. The maximum absolute atomic E-state index is 11.4. The number of ketones is 1. The van der Waals surface area contributed by atoms with E-state index >= 15 is 0 Å². The highest BCUT2D eigenvalue weighted by Crippen LogP contribution is 2.14. The van der Waals surface area contributed by atoms with Gasteiger partial charge in [0, 0.05) is 12.5 Å². The first-order chi connectivity index (χ1) is 16.3. The summed E-state index contributed by atoms with van der Waals surface area (Å²) in [5.41, 5.74) is 0. The van der Waals surface area contributed by atoms with Gasteiger partial charge in [0.1, 0.15) is 6.04 Å². The van der Waals surface area contributed by atoms with Gasteiger partial charge in [0.15, 0.2) is 5.78 Å². The van der Waals surface area contributed by atoms with Crippen molar-refractivity contribution in [3.63, 3.8) is 0 Å². The summed E-state index contributed by atoms with van der Waals surface area (Å²) in [5.74, 6) is -3.41. The Labute approximate surface area is 204 Å². The van der Waals surface area contributed by atoms with Crippen molar-refractivity contribution in [3.05, 3.63) is 12.2 Å². The standard InChI is InChI=1S/C26H45NO7/c28-22(18-19-24(29)30)17-15-13-11-9-7-5-3-1-2-4-6-8-10-12-14-16-20-27-23(26(33)34)21-25(31)32/h18-19,23,27H,1-17,20-21H2,(H,29,30)(H,31,32)(H,33,34)/t23-/m0/s1. The lowest BCUT2D eigenvalue weighted by molar-refractivity contribution is -0.145. The second kappa shape index (κ2) is 22.6. The van der Waals surface area contributed by atoms with E-state index in [-0.39, 0.29) is 5.78 Å². The fourth-order valence-electron chi connectivity index (χ4n) is 3.84. The Kier molecular flexibility index (Phi) is 21.1. The second-order valence-corrected chi connectivity index (χ2v) is 8.99. The molecule has 0 saturated heterocycles. The molecule has 0 amide bonds. The quantitative estimate of drug-likeness (QED) is 0.101. The van der Waals surface area contributed by atoms with Crippen molar-refractivity contribution in [2.45, 2.75) is 122 Å². The zero-order valence-electron chi connectivity index (χ0n) is 20.6. The summed E-state index contributed by atoms with van der Waals surface area (Å²) in [6.07, 6.45) is 20.6. The summed E-state index contributed by atoms with van der Waals surface area (Å²) in [7, 11) is 0. The average molecular weight is 484 g/mol. The lowest BCUT2D eigenvalue weighted by Gasteiger charge is -2.11. The molecular weight excluding hydrogens is 438 g/mol. The Morgan fingerprint density at radius 3 is 1.38 bits per heavy atom. The Bertz CT molecular complexity index is 604. The summed E-state index contributed by atoms with van der Waals surface area (Å²) >= 11 is 0. The van der Waals surface area contributed by atoms with Crippen LogP contribution in [0.25, 0.3) is 0 Å². The lowest BCUT2D eigenvalue weighted by atomic mass is 10.0. The van der Waals surface area contributed by atoms with E-state index in [2.05, 4.69) is 5.32 Å². The highest BCUT2D eigenvalue weighted by molar-refractivity contribution is 5.95. The molecule has 0 unspecified atom stereocenters. The molecule has 4 N–H and O–H groups in total. The summed E-state index contributed by atoms with van der Waals surface area (Å²) in [4.78, 5) is 43.3. The number of allylic oxidation sites excluding steroid dienone is 1. The first-order valence-corrected chi connectivity index (χ1v) is 12.9. The van der Waals surface area contributed by atoms with Gasteiger partial charge < -0.3 is 20.6 Å². The van der Waals surface area contributed by atoms with Crippen LogP contribution in [0.2, 0.25) is 0 Å². The third-order valence-corrected chi connectivity index (χ3v) is 5.83. The molecule has 0 aliphatic carbocycles. The van der Waals surface area contributed by atoms with Crippen molar-refractivity contribution in [1.29, 1.82) is 0 Å². The van der Waals surface area contributed by atoms with Gasteiger partial charge in [-0.2, -0.15) is 0 Å². The molecule has 0 aliphatic heterocycles. The maximum Gasteiger partial charge on any atom is 0.328 e. The van der Waals surface area contributed by atoms with Crippen LogP contribution in [0, 0.1) is 0 Å². The van der Waals surface area contributed by atoms with Gasteiger partial charge in [0.05, 0.1) is 6.42 Å². The van der Waals surface area contributed by atoms with Crippen molar-refractivity contribution in [2.75, 3.05) is 6.54 Å². The number of unbranched alkanes of at least 4 members (excludes halogenated alkanes) is 15. The molecule has 196 valence electrons. The third kappa shape index (κ3) is 23.0. The Hall–Kier alpha value is -2.22. The third-order valence-electron chi connectivity index (χ3n) is 5.83. The Morgan fingerprint density at radius 2 is 1.00 bits per heavy atom. The molecule has 34 heavy (non-hydrogen) atoms. The molecule has 0 rings (SSSR count). The molecule has 0 aromatic rings. The Balaban J connectivity index is 3.30. The van der Waals surface area contributed by atoms with E-state index in [0.29, 0.717) is 13.0 Å². The Morgan fingerprint density at radius 1 is 0.588 bits per heavy atom.